The van der Waals surface area contributed by atoms with E-state index in [1.807, 2.05) is 64.3 Å². The van der Waals surface area contributed by atoms with E-state index in [4.69, 9.17) is 4.98 Å². The highest BCUT2D eigenvalue weighted by Crippen LogP contribution is 2.32. The predicted molar refractivity (Wildman–Crippen MR) is 121 cm³/mol. The maximum Gasteiger partial charge on any atom is 0.260 e. The Labute approximate surface area is 178 Å². The summed E-state index contributed by atoms with van der Waals surface area (Å²) in [4.78, 5) is 21.9. The highest BCUT2D eigenvalue weighted by atomic mass is 79.9. The molecule has 1 heterocycles. The van der Waals surface area contributed by atoms with Crippen LogP contribution in [0.25, 0.3) is 10.2 Å². The Hall–Kier alpha value is -1.47. The lowest BCUT2D eigenvalue weighted by Gasteiger charge is -2.22. The van der Waals surface area contributed by atoms with E-state index in [-0.39, 0.29) is 18.3 Å². The molecular weight excluding hydrogens is 446 g/mol. The molecule has 0 aliphatic rings. The minimum atomic E-state index is 0. The lowest BCUT2D eigenvalue weighted by atomic mass is 10.0. The van der Waals surface area contributed by atoms with Crippen molar-refractivity contribution in [2.75, 3.05) is 32.1 Å². The molecule has 0 unspecified atom stereocenters. The number of thiazole rings is 1. The number of nitrogens with zero attached hydrogens (tertiary/aromatic N) is 3. The largest absolute Gasteiger partial charge is 0.308 e. The van der Waals surface area contributed by atoms with Gasteiger partial charge in [0.25, 0.3) is 5.91 Å². The molecule has 0 spiro atoms. The first-order chi connectivity index (χ1) is 12.3. The van der Waals surface area contributed by atoms with E-state index >= 15 is 0 Å². The van der Waals surface area contributed by atoms with Gasteiger partial charge < -0.3 is 4.90 Å². The standard InChI is InChI=1S/C20H22BrN3OS.ClH/c1-13-5-7-16(14(2)11-13)19(25)24(10-9-23(3)4)20-22-17-8-6-15(21)12-18(17)26-20;/h5-8,11-12H,9-10H2,1-4H3;1H. The molecule has 27 heavy (non-hydrogen) atoms. The Kier molecular flexibility index (Phi) is 7.40. The normalized spacial score (nSPS) is 10.9. The summed E-state index contributed by atoms with van der Waals surface area (Å²) in [5, 5.41) is 0.741. The van der Waals surface area contributed by atoms with Crippen LogP contribution in [-0.4, -0.2) is 43.0 Å². The van der Waals surface area contributed by atoms with Crippen molar-refractivity contribution >= 4 is 60.9 Å². The van der Waals surface area contributed by atoms with Crippen LogP contribution in [0.4, 0.5) is 5.13 Å². The van der Waals surface area contributed by atoms with Gasteiger partial charge in [0.05, 0.1) is 10.2 Å². The van der Waals surface area contributed by atoms with Crippen LogP contribution in [0, 0.1) is 13.8 Å². The summed E-state index contributed by atoms with van der Waals surface area (Å²) in [6.45, 7) is 5.40. The molecule has 0 saturated carbocycles. The SMILES string of the molecule is Cc1ccc(C(=O)N(CCN(C)C)c2nc3ccc(Br)cc3s2)c(C)c1.Cl. The Balaban J connectivity index is 0.00000261. The van der Waals surface area contributed by atoms with E-state index in [2.05, 4.69) is 20.8 Å². The number of hydrogen-bond donors (Lipinski definition) is 0. The number of benzene rings is 2. The fourth-order valence-corrected chi connectivity index (χ4v) is 4.33. The van der Waals surface area contributed by atoms with Crippen molar-refractivity contribution in [2.45, 2.75) is 13.8 Å². The number of anilines is 1. The minimum Gasteiger partial charge on any atom is -0.308 e. The maximum absolute atomic E-state index is 13.3. The number of aryl methyl sites for hydroxylation is 2. The summed E-state index contributed by atoms with van der Waals surface area (Å²) in [6.07, 6.45) is 0. The number of fused-ring (bicyclic) bond motifs is 1. The monoisotopic (exact) mass is 467 g/mol. The van der Waals surface area contributed by atoms with E-state index < -0.39 is 0 Å². The van der Waals surface area contributed by atoms with Crippen LogP contribution in [0.3, 0.4) is 0 Å². The second kappa shape index (κ2) is 9.15. The fraction of sp³-hybridized carbons (Fsp3) is 0.300. The fourth-order valence-electron chi connectivity index (χ4n) is 2.78. The molecule has 3 rings (SSSR count). The van der Waals surface area contributed by atoms with Crippen molar-refractivity contribution in [3.05, 3.63) is 57.6 Å². The first kappa shape index (κ1) is 21.8. The van der Waals surface area contributed by atoms with Gasteiger partial charge in [-0.25, -0.2) is 4.98 Å². The summed E-state index contributed by atoms with van der Waals surface area (Å²) in [5.74, 6) is 0.00229. The summed E-state index contributed by atoms with van der Waals surface area (Å²) in [5.41, 5.74) is 3.80. The molecule has 1 aromatic heterocycles. The molecule has 144 valence electrons. The molecule has 7 heteroatoms. The topological polar surface area (TPSA) is 36.4 Å². The zero-order valence-corrected chi connectivity index (χ0v) is 19.0. The number of rotatable bonds is 5. The van der Waals surface area contributed by atoms with E-state index in [1.54, 1.807) is 16.2 Å². The third-order valence-corrected chi connectivity index (χ3v) is 5.73. The lowest BCUT2D eigenvalue weighted by molar-refractivity contribution is 0.0984. The smallest absolute Gasteiger partial charge is 0.260 e. The molecule has 0 aliphatic heterocycles. The van der Waals surface area contributed by atoms with Gasteiger partial charge >= 0.3 is 0 Å². The number of likely N-dealkylation sites (N-methyl/N-ethyl adjacent to an activating group) is 1. The molecular formula is C20H23BrClN3OS. The molecule has 0 atom stereocenters. The van der Waals surface area contributed by atoms with E-state index in [1.165, 1.54) is 0 Å². The molecule has 0 N–H and O–H groups in total. The van der Waals surface area contributed by atoms with Gasteiger partial charge in [-0.2, -0.15) is 0 Å². The Morgan fingerprint density at radius 2 is 1.85 bits per heavy atom. The summed E-state index contributed by atoms with van der Waals surface area (Å²) in [6, 6.07) is 11.9. The first-order valence-corrected chi connectivity index (χ1v) is 10.1. The molecule has 1 amide bonds. The highest BCUT2D eigenvalue weighted by molar-refractivity contribution is 9.10. The molecule has 0 fully saturated rings. The Bertz CT molecular complexity index is 958. The van der Waals surface area contributed by atoms with E-state index in [0.717, 1.165) is 43.1 Å². The van der Waals surface area contributed by atoms with Gasteiger partial charge in [0.1, 0.15) is 0 Å². The molecule has 3 aromatic rings. The van der Waals surface area contributed by atoms with Crippen molar-refractivity contribution in [1.82, 2.24) is 9.88 Å². The number of carbonyl (C=O) groups is 1. The summed E-state index contributed by atoms with van der Waals surface area (Å²) >= 11 is 5.05. The van der Waals surface area contributed by atoms with Crippen LogP contribution < -0.4 is 4.90 Å². The lowest BCUT2D eigenvalue weighted by Crippen LogP contribution is -2.37. The average molecular weight is 469 g/mol. The van der Waals surface area contributed by atoms with Crippen molar-refractivity contribution in [3.8, 4) is 0 Å². The van der Waals surface area contributed by atoms with E-state index in [0.29, 0.717) is 6.54 Å². The number of hydrogen-bond acceptors (Lipinski definition) is 4. The van der Waals surface area contributed by atoms with Crippen LogP contribution in [0.15, 0.2) is 40.9 Å². The van der Waals surface area contributed by atoms with Gasteiger partial charge in [-0.1, -0.05) is 45.0 Å². The van der Waals surface area contributed by atoms with Crippen LogP contribution in [-0.2, 0) is 0 Å². The zero-order valence-electron chi connectivity index (χ0n) is 15.8. The molecule has 0 aliphatic carbocycles. The van der Waals surface area contributed by atoms with Crippen LogP contribution in [0.5, 0.6) is 0 Å². The second-order valence-corrected chi connectivity index (χ2v) is 8.61. The number of halogens is 2. The zero-order chi connectivity index (χ0) is 18.8. The number of amides is 1. The van der Waals surface area contributed by atoms with Crippen LogP contribution in [0.1, 0.15) is 21.5 Å². The number of carbonyl (C=O) groups excluding carboxylic acids is 1. The van der Waals surface area contributed by atoms with Crippen LogP contribution in [0.2, 0.25) is 0 Å². The van der Waals surface area contributed by atoms with Crippen molar-refractivity contribution in [1.29, 1.82) is 0 Å². The third kappa shape index (κ3) is 5.08. The molecule has 0 bridgehead atoms. The van der Waals surface area contributed by atoms with Crippen molar-refractivity contribution in [2.24, 2.45) is 0 Å². The number of aromatic nitrogens is 1. The van der Waals surface area contributed by atoms with Gasteiger partial charge in [-0.15, -0.1) is 12.4 Å². The summed E-state index contributed by atoms with van der Waals surface area (Å²) in [7, 11) is 4.02. The van der Waals surface area contributed by atoms with Crippen molar-refractivity contribution in [3.63, 3.8) is 0 Å². The van der Waals surface area contributed by atoms with Gasteiger partial charge in [-0.3, -0.25) is 9.69 Å². The first-order valence-electron chi connectivity index (χ1n) is 8.45. The average Bonchev–Trinajstić information content (AvgIpc) is 2.97. The second-order valence-electron chi connectivity index (χ2n) is 6.69. The maximum atomic E-state index is 13.3. The van der Waals surface area contributed by atoms with Gasteiger partial charge in [0.2, 0.25) is 0 Å². The van der Waals surface area contributed by atoms with Gasteiger partial charge in [0.15, 0.2) is 5.13 Å². The molecule has 2 aromatic carbocycles. The predicted octanol–water partition coefficient (Wildman–Crippen LogP) is 5.31. The van der Waals surface area contributed by atoms with Gasteiger partial charge in [-0.05, 0) is 57.8 Å². The van der Waals surface area contributed by atoms with Crippen molar-refractivity contribution < 1.29 is 4.79 Å². The molecule has 4 nitrogen and oxygen atoms in total. The minimum absolute atomic E-state index is 0. The Morgan fingerprint density at radius 3 is 2.52 bits per heavy atom. The third-order valence-electron chi connectivity index (χ3n) is 4.20. The quantitative estimate of drug-likeness (QED) is 0.509. The molecule has 0 saturated heterocycles. The molecule has 0 radical (unpaired) electrons. The Morgan fingerprint density at radius 1 is 1.11 bits per heavy atom. The van der Waals surface area contributed by atoms with Crippen LogP contribution >= 0.6 is 39.7 Å². The van der Waals surface area contributed by atoms with E-state index in [9.17, 15) is 4.79 Å². The van der Waals surface area contributed by atoms with Gasteiger partial charge in [0, 0.05) is 23.1 Å². The highest BCUT2D eigenvalue weighted by Gasteiger charge is 2.22. The summed E-state index contributed by atoms with van der Waals surface area (Å²) < 4.78 is 2.08.